The van der Waals surface area contributed by atoms with Gasteiger partial charge in [0.25, 0.3) is 0 Å². The summed E-state index contributed by atoms with van der Waals surface area (Å²) in [6.45, 7) is 1.59. The zero-order valence-corrected chi connectivity index (χ0v) is 12.9. The van der Waals surface area contributed by atoms with Gasteiger partial charge in [-0.2, -0.15) is 0 Å². The number of carbonyl (C=O) groups excluding carboxylic acids is 2. The van der Waals surface area contributed by atoms with Gasteiger partial charge in [-0.25, -0.2) is 4.79 Å². The summed E-state index contributed by atoms with van der Waals surface area (Å²) in [6, 6.07) is 14.0. The Morgan fingerprint density at radius 2 is 1.75 bits per heavy atom. The lowest BCUT2D eigenvalue weighted by Gasteiger charge is -2.10. The molecule has 7 nitrogen and oxygen atoms in total. The van der Waals surface area contributed by atoms with Gasteiger partial charge in [0.05, 0.1) is 6.54 Å². The lowest BCUT2D eigenvalue weighted by atomic mass is 10.2. The zero-order chi connectivity index (χ0) is 16.8. The Morgan fingerprint density at radius 1 is 1.04 bits per heavy atom. The van der Waals surface area contributed by atoms with Crippen molar-refractivity contribution >= 4 is 35.3 Å². The number of hydrogen-bond acceptors (Lipinski definition) is 4. The summed E-state index contributed by atoms with van der Waals surface area (Å²) in [5.74, 6) is 0.840. The van der Waals surface area contributed by atoms with Crippen LogP contribution in [0.15, 0.2) is 53.5 Å². The van der Waals surface area contributed by atoms with E-state index in [4.69, 9.17) is 0 Å². The van der Waals surface area contributed by atoms with Gasteiger partial charge in [-0.3, -0.25) is 9.79 Å². The highest BCUT2D eigenvalue weighted by atomic mass is 16.2. The monoisotopic (exact) mass is 323 g/mol. The standard InChI is InChI=1S/C17H17N5O2/c23-11-20-13-4-2-6-15(10-13)22-17(24)21-14-5-1-3-12(9-14)16-18-7-8-19-16/h1-6,9-11H,7-8H2,(H,18,19)(H,20,23)(H2,21,22,24). The summed E-state index contributed by atoms with van der Waals surface area (Å²) in [4.78, 5) is 27.0. The molecule has 24 heavy (non-hydrogen) atoms. The van der Waals surface area contributed by atoms with Gasteiger partial charge < -0.3 is 21.3 Å². The quantitative estimate of drug-likeness (QED) is 0.636. The van der Waals surface area contributed by atoms with E-state index in [0.29, 0.717) is 23.5 Å². The fourth-order valence-corrected chi connectivity index (χ4v) is 2.38. The Hall–Kier alpha value is -3.35. The van der Waals surface area contributed by atoms with Gasteiger partial charge in [0.2, 0.25) is 6.41 Å². The third-order valence-corrected chi connectivity index (χ3v) is 3.41. The highest BCUT2D eigenvalue weighted by molar-refractivity contribution is 6.03. The fraction of sp³-hybridized carbons (Fsp3) is 0.118. The van der Waals surface area contributed by atoms with Gasteiger partial charge in [-0.05, 0) is 30.3 Å². The number of aliphatic imine (C=N–C) groups is 1. The molecule has 0 bridgehead atoms. The minimum Gasteiger partial charge on any atom is -0.368 e. The van der Waals surface area contributed by atoms with E-state index < -0.39 is 0 Å². The van der Waals surface area contributed by atoms with Crippen molar-refractivity contribution in [1.82, 2.24) is 5.32 Å². The lowest BCUT2D eigenvalue weighted by Crippen LogP contribution is -2.21. The predicted octanol–water partition coefficient (Wildman–Crippen LogP) is 2.25. The molecule has 0 aromatic heterocycles. The molecule has 1 heterocycles. The SMILES string of the molecule is O=CNc1cccc(NC(=O)Nc2cccc(C3=NCCN3)c2)c1. The van der Waals surface area contributed by atoms with Crippen molar-refractivity contribution in [1.29, 1.82) is 0 Å². The molecule has 0 atom stereocenters. The summed E-state index contributed by atoms with van der Waals surface area (Å²) < 4.78 is 0. The molecular formula is C17H17N5O2. The smallest absolute Gasteiger partial charge is 0.323 e. The molecule has 7 heteroatoms. The molecule has 0 fully saturated rings. The van der Waals surface area contributed by atoms with Crippen LogP contribution in [-0.2, 0) is 4.79 Å². The van der Waals surface area contributed by atoms with Gasteiger partial charge >= 0.3 is 6.03 Å². The molecule has 0 aliphatic carbocycles. The molecule has 1 aliphatic rings. The Balaban J connectivity index is 1.65. The van der Waals surface area contributed by atoms with Crippen LogP contribution in [0.25, 0.3) is 0 Å². The van der Waals surface area contributed by atoms with Gasteiger partial charge in [-0.15, -0.1) is 0 Å². The van der Waals surface area contributed by atoms with Crippen molar-refractivity contribution in [2.24, 2.45) is 4.99 Å². The molecule has 0 unspecified atom stereocenters. The average molecular weight is 323 g/mol. The molecule has 3 amide bonds. The van der Waals surface area contributed by atoms with E-state index in [1.165, 1.54) is 0 Å². The minimum atomic E-state index is -0.364. The minimum absolute atomic E-state index is 0.364. The molecule has 0 radical (unpaired) electrons. The normalized spacial score (nSPS) is 12.8. The lowest BCUT2D eigenvalue weighted by molar-refractivity contribution is -0.105. The molecule has 0 saturated carbocycles. The number of nitrogens with zero attached hydrogens (tertiary/aromatic N) is 1. The van der Waals surface area contributed by atoms with E-state index in [-0.39, 0.29) is 6.03 Å². The van der Waals surface area contributed by atoms with Crippen LogP contribution >= 0.6 is 0 Å². The number of amides is 3. The van der Waals surface area contributed by atoms with Crippen LogP contribution in [0.5, 0.6) is 0 Å². The summed E-state index contributed by atoms with van der Waals surface area (Å²) in [5.41, 5.74) is 2.79. The first-order chi connectivity index (χ1) is 11.7. The van der Waals surface area contributed by atoms with E-state index in [0.717, 1.165) is 24.5 Å². The molecule has 3 rings (SSSR count). The van der Waals surface area contributed by atoms with Crippen LogP contribution in [-0.4, -0.2) is 31.4 Å². The van der Waals surface area contributed by atoms with E-state index >= 15 is 0 Å². The maximum absolute atomic E-state index is 12.1. The number of rotatable bonds is 5. The van der Waals surface area contributed by atoms with E-state index in [1.807, 2.05) is 24.3 Å². The maximum Gasteiger partial charge on any atom is 0.323 e. The Labute approximate surface area is 139 Å². The largest absolute Gasteiger partial charge is 0.368 e. The second kappa shape index (κ2) is 7.28. The summed E-state index contributed by atoms with van der Waals surface area (Å²) >= 11 is 0. The van der Waals surface area contributed by atoms with Crippen LogP contribution in [0.4, 0.5) is 21.9 Å². The third-order valence-electron chi connectivity index (χ3n) is 3.41. The fourth-order valence-electron chi connectivity index (χ4n) is 2.38. The van der Waals surface area contributed by atoms with Crippen LogP contribution in [0, 0.1) is 0 Å². The van der Waals surface area contributed by atoms with Gasteiger partial charge in [-0.1, -0.05) is 18.2 Å². The average Bonchev–Trinajstić information content (AvgIpc) is 3.10. The van der Waals surface area contributed by atoms with Gasteiger partial charge in [0.15, 0.2) is 0 Å². The van der Waals surface area contributed by atoms with Crippen molar-refractivity contribution in [3.05, 3.63) is 54.1 Å². The summed E-state index contributed by atoms with van der Waals surface area (Å²) in [7, 11) is 0. The van der Waals surface area contributed by atoms with Gasteiger partial charge in [0.1, 0.15) is 5.84 Å². The van der Waals surface area contributed by atoms with Crippen LogP contribution < -0.4 is 21.3 Å². The van der Waals surface area contributed by atoms with Crippen LogP contribution in [0.2, 0.25) is 0 Å². The molecular weight excluding hydrogens is 306 g/mol. The van der Waals surface area contributed by atoms with Crippen molar-refractivity contribution in [3.8, 4) is 0 Å². The maximum atomic E-state index is 12.1. The van der Waals surface area contributed by atoms with Crippen molar-refractivity contribution in [2.45, 2.75) is 0 Å². The molecule has 4 N–H and O–H groups in total. The van der Waals surface area contributed by atoms with E-state index in [9.17, 15) is 9.59 Å². The summed E-state index contributed by atoms with van der Waals surface area (Å²) in [6.07, 6.45) is 0.588. The first kappa shape index (κ1) is 15.5. The molecule has 0 spiro atoms. The Bertz CT molecular complexity index is 788. The van der Waals surface area contributed by atoms with Crippen molar-refractivity contribution in [3.63, 3.8) is 0 Å². The Morgan fingerprint density at radius 3 is 2.46 bits per heavy atom. The molecule has 1 aliphatic heterocycles. The van der Waals surface area contributed by atoms with E-state index in [2.05, 4.69) is 26.3 Å². The summed E-state index contributed by atoms with van der Waals surface area (Å²) in [5, 5.41) is 11.2. The number of urea groups is 1. The van der Waals surface area contributed by atoms with Crippen LogP contribution in [0.3, 0.4) is 0 Å². The number of nitrogens with one attached hydrogen (secondary N) is 4. The second-order valence-electron chi connectivity index (χ2n) is 5.16. The molecule has 0 saturated heterocycles. The second-order valence-corrected chi connectivity index (χ2v) is 5.16. The molecule has 2 aromatic carbocycles. The number of carbonyl (C=O) groups is 2. The predicted molar refractivity (Wildman–Crippen MR) is 94.6 cm³/mol. The topological polar surface area (TPSA) is 94.6 Å². The number of benzene rings is 2. The first-order valence-electron chi connectivity index (χ1n) is 7.51. The third kappa shape index (κ3) is 3.89. The number of anilines is 3. The van der Waals surface area contributed by atoms with Crippen molar-refractivity contribution < 1.29 is 9.59 Å². The highest BCUT2D eigenvalue weighted by Gasteiger charge is 2.09. The highest BCUT2D eigenvalue weighted by Crippen LogP contribution is 2.16. The molecule has 122 valence electrons. The van der Waals surface area contributed by atoms with E-state index in [1.54, 1.807) is 24.3 Å². The number of amidine groups is 1. The zero-order valence-electron chi connectivity index (χ0n) is 12.9. The van der Waals surface area contributed by atoms with Gasteiger partial charge in [0, 0.05) is 29.2 Å². The number of hydrogen-bond donors (Lipinski definition) is 4. The Kier molecular flexibility index (Phi) is 4.71. The van der Waals surface area contributed by atoms with Crippen LogP contribution in [0.1, 0.15) is 5.56 Å². The molecule has 2 aromatic rings. The first-order valence-corrected chi connectivity index (χ1v) is 7.51. The van der Waals surface area contributed by atoms with Crippen molar-refractivity contribution in [2.75, 3.05) is 29.0 Å².